The molecule has 25 heavy (non-hydrogen) atoms. The Morgan fingerprint density at radius 3 is 2.36 bits per heavy atom. The zero-order valence-corrected chi connectivity index (χ0v) is 16.7. The van der Waals surface area contributed by atoms with E-state index in [1.54, 1.807) is 18.2 Å². The maximum absolute atomic E-state index is 11.6. The smallest absolute Gasteiger partial charge is 0.407 e. The third-order valence-corrected chi connectivity index (χ3v) is 4.02. The van der Waals surface area contributed by atoms with Gasteiger partial charge in [0.15, 0.2) is 0 Å². The zero-order chi connectivity index (χ0) is 18.4. The summed E-state index contributed by atoms with van der Waals surface area (Å²) in [4.78, 5) is 11.6. The molecular formula is C19H22INO4. The molecule has 0 atom stereocenters. The van der Waals surface area contributed by atoms with E-state index in [0.29, 0.717) is 24.5 Å². The number of carbonyl (C=O) groups is 1. The summed E-state index contributed by atoms with van der Waals surface area (Å²) in [7, 11) is 0. The number of hydrogen-bond acceptors (Lipinski definition) is 4. The number of phenolic OH excluding ortho intramolecular Hbond substituents is 1. The van der Waals surface area contributed by atoms with E-state index in [1.807, 2.05) is 45.0 Å². The third-order valence-electron chi connectivity index (χ3n) is 3.16. The minimum Gasteiger partial charge on any atom is -0.507 e. The van der Waals surface area contributed by atoms with Gasteiger partial charge in [0.2, 0.25) is 0 Å². The molecular weight excluding hydrogens is 433 g/mol. The number of hydrogen-bond donors (Lipinski definition) is 2. The second-order valence-electron chi connectivity index (χ2n) is 6.54. The number of rotatable bonds is 5. The van der Waals surface area contributed by atoms with E-state index < -0.39 is 11.7 Å². The van der Waals surface area contributed by atoms with Crippen molar-refractivity contribution in [1.29, 1.82) is 0 Å². The highest BCUT2D eigenvalue weighted by Crippen LogP contribution is 2.28. The average Bonchev–Trinajstić information content (AvgIpc) is 2.51. The Bertz CT molecular complexity index is 723. The van der Waals surface area contributed by atoms with Gasteiger partial charge in [-0.15, -0.1) is 0 Å². The fraction of sp³-hybridized carbons (Fsp3) is 0.316. The monoisotopic (exact) mass is 455 g/mol. The first-order valence-corrected chi connectivity index (χ1v) is 9.03. The predicted octanol–water partition coefficient (Wildman–Crippen LogP) is 4.86. The van der Waals surface area contributed by atoms with E-state index >= 15 is 0 Å². The van der Waals surface area contributed by atoms with Crippen molar-refractivity contribution in [1.82, 2.24) is 5.32 Å². The van der Waals surface area contributed by atoms with Gasteiger partial charge in [0.05, 0.1) is 3.57 Å². The van der Waals surface area contributed by atoms with Crippen molar-refractivity contribution in [3.8, 4) is 17.2 Å². The van der Waals surface area contributed by atoms with Gasteiger partial charge >= 0.3 is 6.09 Å². The molecule has 0 radical (unpaired) electrons. The van der Waals surface area contributed by atoms with Crippen LogP contribution in [0.2, 0.25) is 0 Å². The molecule has 0 aliphatic heterocycles. The van der Waals surface area contributed by atoms with Crippen LogP contribution in [0.15, 0.2) is 42.5 Å². The van der Waals surface area contributed by atoms with Crippen LogP contribution in [0, 0.1) is 3.57 Å². The van der Waals surface area contributed by atoms with E-state index in [2.05, 4.69) is 27.9 Å². The lowest BCUT2D eigenvalue weighted by atomic mass is 10.1. The summed E-state index contributed by atoms with van der Waals surface area (Å²) in [5.74, 6) is 1.62. The summed E-state index contributed by atoms with van der Waals surface area (Å²) in [6.45, 7) is 6.01. The quantitative estimate of drug-likeness (QED) is 0.633. The van der Waals surface area contributed by atoms with Crippen molar-refractivity contribution in [2.24, 2.45) is 0 Å². The second-order valence-corrected chi connectivity index (χ2v) is 7.70. The fourth-order valence-corrected chi connectivity index (χ4v) is 2.52. The summed E-state index contributed by atoms with van der Waals surface area (Å²) in [5, 5.41) is 12.3. The Kier molecular flexibility index (Phi) is 6.52. The Balaban J connectivity index is 1.83. The van der Waals surface area contributed by atoms with Crippen LogP contribution in [0.25, 0.3) is 0 Å². The molecule has 2 aromatic rings. The van der Waals surface area contributed by atoms with Crippen molar-refractivity contribution in [2.45, 2.75) is 32.8 Å². The van der Waals surface area contributed by atoms with Gasteiger partial charge < -0.3 is 19.9 Å². The number of phenols is 1. The molecule has 0 bridgehead atoms. The average molecular weight is 455 g/mol. The van der Waals surface area contributed by atoms with E-state index in [4.69, 9.17) is 9.47 Å². The van der Waals surface area contributed by atoms with Gasteiger partial charge in [-0.1, -0.05) is 12.1 Å². The van der Waals surface area contributed by atoms with Crippen LogP contribution >= 0.6 is 22.6 Å². The Labute approximate surface area is 161 Å². The van der Waals surface area contributed by atoms with Crippen LogP contribution in [-0.2, 0) is 11.2 Å². The third kappa shape index (κ3) is 6.81. The predicted molar refractivity (Wildman–Crippen MR) is 105 cm³/mol. The molecule has 0 heterocycles. The molecule has 2 N–H and O–H groups in total. The molecule has 2 aromatic carbocycles. The molecule has 0 spiro atoms. The molecule has 0 aliphatic rings. The van der Waals surface area contributed by atoms with Crippen LogP contribution < -0.4 is 10.1 Å². The Morgan fingerprint density at radius 1 is 1.12 bits per heavy atom. The molecule has 0 fully saturated rings. The highest BCUT2D eigenvalue weighted by atomic mass is 127. The topological polar surface area (TPSA) is 67.8 Å². The molecule has 0 saturated heterocycles. The van der Waals surface area contributed by atoms with Crippen molar-refractivity contribution >= 4 is 28.7 Å². The van der Waals surface area contributed by atoms with E-state index in [9.17, 15) is 9.90 Å². The number of amides is 1. The summed E-state index contributed by atoms with van der Waals surface area (Å²) >= 11 is 2.05. The van der Waals surface area contributed by atoms with Crippen molar-refractivity contribution in [2.75, 3.05) is 6.54 Å². The molecule has 0 aliphatic carbocycles. The number of carbonyl (C=O) groups excluding carboxylic acids is 1. The number of ether oxygens (including phenoxy) is 2. The molecule has 0 unspecified atom stereocenters. The molecule has 6 heteroatoms. The van der Waals surface area contributed by atoms with Gasteiger partial charge in [-0.25, -0.2) is 4.79 Å². The van der Waals surface area contributed by atoms with Gasteiger partial charge in [0.25, 0.3) is 0 Å². The highest BCUT2D eigenvalue weighted by molar-refractivity contribution is 14.1. The highest BCUT2D eigenvalue weighted by Gasteiger charge is 2.15. The second kappa shape index (κ2) is 8.42. The van der Waals surface area contributed by atoms with Crippen molar-refractivity contribution in [3.05, 3.63) is 51.6 Å². The first-order chi connectivity index (χ1) is 11.7. The van der Waals surface area contributed by atoms with Crippen LogP contribution in [0.3, 0.4) is 0 Å². The number of halogens is 1. The number of aromatic hydroxyl groups is 1. The molecule has 1 amide bonds. The number of benzene rings is 2. The maximum Gasteiger partial charge on any atom is 0.407 e. The lowest BCUT2D eigenvalue weighted by Crippen LogP contribution is -2.33. The summed E-state index contributed by atoms with van der Waals surface area (Å²) < 4.78 is 11.7. The van der Waals surface area contributed by atoms with Gasteiger partial charge in [-0.2, -0.15) is 0 Å². The number of nitrogens with one attached hydrogen (secondary N) is 1. The summed E-state index contributed by atoms with van der Waals surface area (Å²) in [6.07, 6.45) is 0.297. The molecule has 134 valence electrons. The van der Waals surface area contributed by atoms with Crippen LogP contribution in [0.5, 0.6) is 17.2 Å². The zero-order valence-electron chi connectivity index (χ0n) is 14.5. The normalized spacial score (nSPS) is 11.0. The van der Waals surface area contributed by atoms with Gasteiger partial charge in [0, 0.05) is 6.54 Å². The van der Waals surface area contributed by atoms with Crippen LogP contribution in [0.1, 0.15) is 26.3 Å². The van der Waals surface area contributed by atoms with Crippen molar-refractivity contribution in [3.63, 3.8) is 0 Å². The number of alkyl carbamates (subject to hydrolysis) is 1. The lowest BCUT2D eigenvalue weighted by Gasteiger charge is -2.19. The standard InChI is InChI=1S/C19H22INO4/c1-19(2,3)25-18(23)21-11-10-13-4-6-14(7-5-13)24-15-8-9-17(22)16(20)12-15/h4-9,12,22H,10-11H2,1-3H3,(H,21,23). The molecule has 0 aromatic heterocycles. The minimum atomic E-state index is -0.491. The molecule has 0 saturated carbocycles. The molecule has 5 nitrogen and oxygen atoms in total. The van der Waals surface area contributed by atoms with E-state index in [-0.39, 0.29) is 5.75 Å². The SMILES string of the molecule is CC(C)(C)OC(=O)NCCc1ccc(Oc2ccc(O)c(I)c2)cc1. The van der Waals surface area contributed by atoms with Gasteiger partial charge in [-0.05, 0) is 85.7 Å². The largest absolute Gasteiger partial charge is 0.507 e. The van der Waals surface area contributed by atoms with Gasteiger partial charge in [-0.3, -0.25) is 0 Å². The maximum atomic E-state index is 11.6. The minimum absolute atomic E-state index is 0.237. The first kappa shape index (κ1) is 19.4. The van der Waals surface area contributed by atoms with Crippen LogP contribution in [0.4, 0.5) is 4.79 Å². The summed E-state index contributed by atoms with van der Waals surface area (Å²) in [6, 6.07) is 12.8. The lowest BCUT2D eigenvalue weighted by molar-refractivity contribution is 0.0528. The molecule has 2 rings (SSSR count). The van der Waals surface area contributed by atoms with Gasteiger partial charge in [0.1, 0.15) is 22.8 Å². The van der Waals surface area contributed by atoms with Crippen LogP contribution in [-0.4, -0.2) is 23.3 Å². The van der Waals surface area contributed by atoms with Crippen molar-refractivity contribution < 1.29 is 19.4 Å². The van der Waals surface area contributed by atoms with E-state index in [0.717, 1.165) is 9.13 Å². The summed E-state index contributed by atoms with van der Waals surface area (Å²) in [5.41, 5.74) is 0.596. The first-order valence-electron chi connectivity index (χ1n) is 7.95. The Hall–Kier alpha value is -1.96. The Morgan fingerprint density at radius 2 is 1.76 bits per heavy atom. The fourth-order valence-electron chi connectivity index (χ4n) is 2.03. The van der Waals surface area contributed by atoms with E-state index in [1.165, 1.54) is 0 Å².